The summed E-state index contributed by atoms with van der Waals surface area (Å²) in [5, 5.41) is 12.1. The van der Waals surface area contributed by atoms with E-state index in [2.05, 4.69) is 17.2 Å². The minimum atomic E-state index is -0.376. The molecule has 0 bridgehead atoms. The zero-order valence-corrected chi connectivity index (χ0v) is 9.20. The van der Waals surface area contributed by atoms with Crippen LogP contribution in [0.3, 0.4) is 0 Å². The molecule has 0 aliphatic heterocycles. The van der Waals surface area contributed by atoms with Crippen molar-refractivity contribution in [1.82, 2.24) is 5.32 Å². The van der Waals surface area contributed by atoms with Gasteiger partial charge < -0.3 is 15.2 Å². The van der Waals surface area contributed by atoms with Gasteiger partial charge in [0.25, 0.3) is 5.91 Å². The first-order valence-electron chi connectivity index (χ1n) is 4.74. The molecule has 0 saturated heterocycles. The smallest absolute Gasteiger partial charge is 0.255 e. The van der Waals surface area contributed by atoms with Crippen LogP contribution >= 0.6 is 0 Å². The third-order valence-electron chi connectivity index (χ3n) is 1.96. The van der Waals surface area contributed by atoms with E-state index < -0.39 is 0 Å². The van der Waals surface area contributed by atoms with Crippen molar-refractivity contribution >= 4 is 5.91 Å². The van der Waals surface area contributed by atoms with Crippen LogP contribution in [0.25, 0.3) is 0 Å². The average Bonchev–Trinajstić information content (AvgIpc) is 2.30. The first-order chi connectivity index (χ1) is 7.69. The average molecular weight is 219 g/mol. The van der Waals surface area contributed by atoms with Gasteiger partial charge in [-0.25, -0.2) is 0 Å². The molecule has 4 nitrogen and oxygen atoms in total. The van der Waals surface area contributed by atoms with Crippen LogP contribution in [0.5, 0.6) is 11.5 Å². The van der Waals surface area contributed by atoms with Gasteiger partial charge in [-0.15, -0.1) is 5.92 Å². The normalized spacial score (nSPS) is 8.88. The number of aromatic hydroxyl groups is 1. The summed E-state index contributed by atoms with van der Waals surface area (Å²) in [5.74, 6) is 5.42. The molecule has 0 aromatic heterocycles. The highest BCUT2D eigenvalue weighted by Gasteiger charge is 2.11. The molecule has 16 heavy (non-hydrogen) atoms. The maximum Gasteiger partial charge on any atom is 0.255 e. The van der Waals surface area contributed by atoms with E-state index >= 15 is 0 Å². The van der Waals surface area contributed by atoms with Gasteiger partial charge in [-0.1, -0.05) is 5.92 Å². The Balaban J connectivity index is 2.83. The topological polar surface area (TPSA) is 58.6 Å². The summed E-state index contributed by atoms with van der Waals surface area (Å²) in [6.45, 7) is 1.95. The lowest BCUT2D eigenvalue weighted by atomic mass is 10.2. The van der Waals surface area contributed by atoms with Crippen molar-refractivity contribution in [3.63, 3.8) is 0 Å². The highest BCUT2D eigenvalue weighted by Crippen LogP contribution is 2.22. The molecule has 1 amide bonds. The first-order valence-corrected chi connectivity index (χ1v) is 4.74. The Labute approximate surface area is 94.2 Å². The first kappa shape index (κ1) is 11.9. The molecule has 1 aromatic carbocycles. The maximum absolute atomic E-state index is 11.6. The molecule has 0 fully saturated rings. The van der Waals surface area contributed by atoms with Crippen LogP contribution in [-0.2, 0) is 0 Å². The second-order valence-electron chi connectivity index (χ2n) is 2.99. The molecule has 0 saturated carbocycles. The van der Waals surface area contributed by atoms with E-state index in [4.69, 9.17) is 4.74 Å². The number of ether oxygens (including phenoxy) is 1. The number of hydrogen-bond donors (Lipinski definition) is 2. The lowest BCUT2D eigenvalue weighted by molar-refractivity contribution is 0.0955. The van der Waals surface area contributed by atoms with Crippen molar-refractivity contribution in [2.45, 2.75) is 6.92 Å². The van der Waals surface area contributed by atoms with Gasteiger partial charge in [0.05, 0.1) is 19.2 Å². The monoisotopic (exact) mass is 219 g/mol. The summed E-state index contributed by atoms with van der Waals surface area (Å²) in [6.07, 6.45) is 0. The number of methoxy groups -OCH3 is 1. The molecule has 0 heterocycles. The summed E-state index contributed by atoms with van der Waals surface area (Å²) in [5.41, 5.74) is 0.178. The van der Waals surface area contributed by atoms with E-state index in [1.165, 1.54) is 19.2 Å². The predicted octanol–water partition coefficient (Wildman–Crippen LogP) is 1.15. The van der Waals surface area contributed by atoms with Crippen LogP contribution in [-0.4, -0.2) is 24.7 Å². The van der Waals surface area contributed by atoms with E-state index in [0.717, 1.165) is 0 Å². The Kier molecular flexibility index (Phi) is 4.22. The van der Waals surface area contributed by atoms with Crippen LogP contribution in [0.1, 0.15) is 17.3 Å². The Bertz CT molecular complexity index is 443. The van der Waals surface area contributed by atoms with Crippen LogP contribution in [0.15, 0.2) is 18.2 Å². The fourth-order valence-corrected chi connectivity index (χ4v) is 1.13. The summed E-state index contributed by atoms with van der Waals surface area (Å²) >= 11 is 0. The van der Waals surface area contributed by atoms with Crippen molar-refractivity contribution in [3.8, 4) is 23.3 Å². The number of rotatable bonds is 3. The SMILES string of the molecule is CC#CCNC(=O)c1cc(OC)ccc1O. The van der Waals surface area contributed by atoms with Crippen molar-refractivity contribution in [3.05, 3.63) is 23.8 Å². The number of amides is 1. The van der Waals surface area contributed by atoms with Gasteiger partial charge in [0.1, 0.15) is 11.5 Å². The zero-order valence-electron chi connectivity index (χ0n) is 9.20. The van der Waals surface area contributed by atoms with Crippen molar-refractivity contribution in [2.24, 2.45) is 0 Å². The van der Waals surface area contributed by atoms with Crippen LogP contribution in [0, 0.1) is 11.8 Å². The molecule has 1 aromatic rings. The molecule has 0 unspecified atom stereocenters. The van der Waals surface area contributed by atoms with Crippen LogP contribution in [0.2, 0.25) is 0 Å². The number of carbonyl (C=O) groups is 1. The highest BCUT2D eigenvalue weighted by atomic mass is 16.5. The second kappa shape index (κ2) is 5.66. The zero-order chi connectivity index (χ0) is 12.0. The summed E-state index contributed by atoms with van der Waals surface area (Å²) in [4.78, 5) is 11.6. The van der Waals surface area contributed by atoms with Gasteiger partial charge in [-0.3, -0.25) is 4.79 Å². The van der Waals surface area contributed by atoms with Crippen molar-refractivity contribution < 1.29 is 14.6 Å². The van der Waals surface area contributed by atoms with E-state index in [-0.39, 0.29) is 23.8 Å². The molecular weight excluding hydrogens is 206 g/mol. The van der Waals surface area contributed by atoms with Gasteiger partial charge in [0.15, 0.2) is 0 Å². The van der Waals surface area contributed by atoms with Crippen LogP contribution < -0.4 is 10.1 Å². The van der Waals surface area contributed by atoms with Gasteiger partial charge in [0, 0.05) is 0 Å². The molecule has 0 radical (unpaired) electrons. The number of phenolic OH excluding ortho intramolecular Hbond substituents is 1. The third-order valence-corrected chi connectivity index (χ3v) is 1.96. The Morgan fingerprint density at radius 2 is 2.31 bits per heavy atom. The summed E-state index contributed by atoms with van der Waals surface area (Å²) in [6, 6.07) is 4.47. The van der Waals surface area contributed by atoms with E-state index in [0.29, 0.717) is 5.75 Å². The van der Waals surface area contributed by atoms with Crippen molar-refractivity contribution in [1.29, 1.82) is 0 Å². The lowest BCUT2D eigenvalue weighted by Gasteiger charge is -2.06. The summed E-state index contributed by atoms with van der Waals surface area (Å²) < 4.78 is 4.97. The molecule has 1 rings (SSSR count). The second-order valence-corrected chi connectivity index (χ2v) is 2.99. The Morgan fingerprint density at radius 1 is 1.56 bits per heavy atom. The van der Waals surface area contributed by atoms with Crippen LogP contribution in [0.4, 0.5) is 0 Å². The van der Waals surface area contributed by atoms with Gasteiger partial charge >= 0.3 is 0 Å². The number of hydrogen-bond acceptors (Lipinski definition) is 3. The number of benzene rings is 1. The largest absolute Gasteiger partial charge is 0.507 e. The van der Waals surface area contributed by atoms with E-state index in [1.54, 1.807) is 13.0 Å². The molecule has 4 heteroatoms. The molecule has 2 N–H and O–H groups in total. The van der Waals surface area contributed by atoms with E-state index in [9.17, 15) is 9.90 Å². The van der Waals surface area contributed by atoms with Gasteiger partial charge in [-0.2, -0.15) is 0 Å². The molecule has 0 atom stereocenters. The molecule has 0 aliphatic carbocycles. The minimum Gasteiger partial charge on any atom is -0.507 e. The molecular formula is C12H13NO3. The lowest BCUT2D eigenvalue weighted by Crippen LogP contribution is -2.23. The fourth-order valence-electron chi connectivity index (χ4n) is 1.13. The van der Waals surface area contributed by atoms with E-state index in [1.807, 2.05) is 0 Å². The predicted molar refractivity (Wildman–Crippen MR) is 60.4 cm³/mol. The molecule has 0 spiro atoms. The number of nitrogens with one attached hydrogen (secondary N) is 1. The van der Waals surface area contributed by atoms with Crippen molar-refractivity contribution in [2.75, 3.05) is 13.7 Å². The molecule has 84 valence electrons. The minimum absolute atomic E-state index is 0.0808. The Hall–Kier alpha value is -2.15. The third kappa shape index (κ3) is 2.92. The highest BCUT2D eigenvalue weighted by molar-refractivity contribution is 5.97. The fraction of sp³-hybridized carbons (Fsp3) is 0.250. The van der Waals surface area contributed by atoms with Gasteiger partial charge in [-0.05, 0) is 25.1 Å². The maximum atomic E-state index is 11.6. The quantitative estimate of drug-likeness (QED) is 0.750. The standard InChI is InChI=1S/C12H13NO3/c1-3-4-7-13-12(15)10-8-9(16-2)5-6-11(10)14/h5-6,8,14H,7H2,1-2H3,(H,13,15). The summed E-state index contributed by atoms with van der Waals surface area (Å²) in [7, 11) is 1.50. The number of carbonyl (C=O) groups excluding carboxylic acids is 1. The van der Waals surface area contributed by atoms with Gasteiger partial charge in [0.2, 0.25) is 0 Å². The number of phenols is 1. The molecule has 0 aliphatic rings. The Morgan fingerprint density at radius 3 is 2.94 bits per heavy atom.